The van der Waals surface area contributed by atoms with Crippen LogP contribution in [0.25, 0.3) is 0 Å². The summed E-state index contributed by atoms with van der Waals surface area (Å²) in [5, 5.41) is 3.49. The largest absolute Gasteiger partial charge is 0.311 e. The molecule has 0 amide bonds. The molecule has 1 saturated heterocycles. The van der Waals surface area contributed by atoms with Crippen LogP contribution in [-0.4, -0.2) is 36.6 Å². The summed E-state index contributed by atoms with van der Waals surface area (Å²) in [6, 6.07) is 0. The fourth-order valence-corrected chi connectivity index (χ4v) is 2.49. The van der Waals surface area contributed by atoms with Gasteiger partial charge in [-0.25, -0.2) is 0 Å². The Morgan fingerprint density at radius 1 is 1.71 bits per heavy atom. The van der Waals surface area contributed by atoms with Crippen molar-refractivity contribution < 1.29 is 0 Å². The van der Waals surface area contributed by atoms with Gasteiger partial charge in [-0.2, -0.15) is 0 Å². The van der Waals surface area contributed by atoms with Gasteiger partial charge in [-0.15, -0.1) is 11.3 Å². The molecule has 4 heteroatoms. The molecule has 0 saturated carbocycles. The van der Waals surface area contributed by atoms with Crippen molar-refractivity contribution in [1.82, 2.24) is 15.2 Å². The molecule has 0 spiro atoms. The average Bonchev–Trinajstić information content (AvgIpc) is 2.77. The molecule has 1 atom stereocenters. The normalized spacial score (nSPS) is 23.1. The molecule has 3 nitrogen and oxygen atoms in total. The molecular formula is C10H17N3S. The molecule has 1 aromatic heterocycles. The highest BCUT2D eigenvalue weighted by Crippen LogP contribution is 2.13. The molecule has 1 aliphatic heterocycles. The van der Waals surface area contributed by atoms with Crippen LogP contribution < -0.4 is 5.32 Å². The Morgan fingerprint density at radius 3 is 3.29 bits per heavy atom. The molecule has 1 unspecified atom stereocenters. The van der Waals surface area contributed by atoms with Gasteiger partial charge in [-0.3, -0.25) is 4.98 Å². The van der Waals surface area contributed by atoms with Crippen LogP contribution in [-0.2, 0) is 6.54 Å². The molecule has 2 heterocycles. The highest BCUT2D eigenvalue weighted by Gasteiger charge is 2.18. The lowest BCUT2D eigenvalue weighted by Crippen LogP contribution is -2.24. The summed E-state index contributed by atoms with van der Waals surface area (Å²) >= 11 is 1.72. The number of hydrogen-bond acceptors (Lipinski definition) is 4. The van der Waals surface area contributed by atoms with Gasteiger partial charge in [-0.1, -0.05) is 0 Å². The van der Waals surface area contributed by atoms with E-state index in [0.29, 0.717) is 0 Å². The second kappa shape index (κ2) is 4.87. The number of nitrogens with zero attached hydrogens (tertiary/aromatic N) is 2. The third kappa shape index (κ3) is 2.77. The summed E-state index contributed by atoms with van der Waals surface area (Å²) in [5.74, 6) is 0.841. The molecule has 1 fully saturated rings. The summed E-state index contributed by atoms with van der Waals surface area (Å²) in [6.45, 7) is 4.62. The summed E-state index contributed by atoms with van der Waals surface area (Å²) < 4.78 is 0. The fourth-order valence-electron chi connectivity index (χ4n) is 1.92. The van der Waals surface area contributed by atoms with Gasteiger partial charge in [0.2, 0.25) is 0 Å². The van der Waals surface area contributed by atoms with Crippen LogP contribution >= 0.6 is 11.3 Å². The predicted molar refractivity (Wildman–Crippen MR) is 59.4 cm³/mol. The first-order valence-corrected chi connectivity index (χ1v) is 5.99. The number of likely N-dealkylation sites (tertiary alicyclic amines) is 1. The summed E-state index contributed by atoms with van der Waals surface area (Å²) in [4.78, 5) is 7.79. The lowest BCUT2D eigenvalue weighted by atomic mass is 10.1. The molecule has 2 rings (SSSR count). The second-order valence-corrected chi connectivity index (χ2v) is 4.99. The Balaban J connectivity index is 1.64. The summed E-state index contributed by atoms with van der Waals surface area (Å²) in [7, 11) is 2.20. The van der Waals surface area contributed by atoms with Crippen molar-refractivity contribution in [3.05, 3.63) is 16.6 Å². The zero-order chi connectivity index (χ0) is 9.80. The minimum Gasteiger partial charge on any atom is -0.311 e. The Hall–Kier alpha value is -0.450. The first-order valence-electron chi connectivity index (χ1n) is 5.11. The average molecular weight is 211 g/mol. The number of hydrogen-bond donors (Lipinski definition) is 1. The van der Waals surface area contributed by atoms with E-state index in [-0.39, 0.29) is 0 Å². The van der Waals surface area contributed by atoms with Gasteiger partial charge < -0.3 is 10.2 Å². The second-order valence-electron chi connectivity index (χ2n) is 4.02. The zero-order valence-corrected chi connectivity index (χ0v) is 9.39. The van der Waals surface area contributed by atoms with Gasteiger partial charge in [-0.05, 0) is 32.5 Å². The lowest BCUT2D eigenvalue weighted by Gasteiger charge is -2.10. The van der Waals surface area contributed by atoms with Crippen molar-refractivity contribution in [2.45, 2.75) is 13.0 Å². The van der Waals surface area contributed by atoms with Gasteiger partial charge in [0.05, 0.1) is 5.51 Å². The molecule has 78 valence electrons. The van der Waals surface area contributed by atoms with E-state index in [1.54, 1.807) is 11.3 Å². The molecular weight excluding hydrogens is 194 g/mol. The quantitative estimate of drug-likeness (QED) is 0.810. The molecule has 1 aromatic rings. The molecule has 0 radical (unpaired) electrons. The van der Waals surface area contributed by atoms with Crippen LogP contribution in [0, 0.1) is 5.92 Å². The minimum absolute atomic E-state index is 0.841. The monoisotopic (exact) mass is 211 g/mol. The highest BCUT2D eigenvalue weighted by molar-refractivity contribution is 7.09. The first-order chi connectivity index (χ1) is 6.84. The fraction of sp³-hybridized carbons (Fsp3) is 0.700. The van der Waals surface area contributed by atoms with Crippen molar-refractivity contribution in [2.75, 3.05) is 26.7 Å². The first kappa shape index (κ1) is 10.1. The maximum Gasteiger partial charge on any atom is 0.0794 e. The van der Waals surface area contributed by atoms with Crippen molar-refractivity contribution in [1.29, 1.82) is 0 Å². The minimum atomic E-state index is 0.841. The molecule has 1 aliphatic rings. The molecule has 0 aliphatic carbocycles. The Labute approximate surface area is 89.1 Å². The van der Waals surface area contributed by atoms with E-state index < -0.39 is 0 Å². The standard InChI is InChI=1S/C10H17N3S/c1-13-3-2-9(7-13)4-11-5-10-6-12-8-14-10/h6,8-9,11H,2-5,7H2,1H3. The lowest BCUT2D eigenvalue weighted by molar-refractivity contribution is 0.388. The number of nitrogens with one attached hydrogen (secondary N) is 1. The third-order valence-electron chi connectivity index (χ3n) is 2.70. The Kier molecular flexibility index (Phi) is 3.50. The summed E-state index contributed by atoms with van der Waals surface area (Å²) in [5.41, 5.74) is 1.89. The SMILES string of the molecule is CN1CCC(CNCc2cncs2)C1. The molecule has 1 N–H and O–H groups in total. The smallest absolute Gasteiger partial charge is 0.0794 e. The number of aromatic nitrogens is 1. The topological polar surface area (TPSA) is 28.2 Å². The van der Waals surface area contributed by atoms with E-state index in [4.69, 9.17) is 0 Å². The van der Waals surface area contributed by atoms with Gasteiger partial charge in [0, 0.05) is 24.2 Å². The Morgan fingerprint density at radius 2 is 2.64 bits per heavy atom. The zero-order valence-electron chi connectivity index (χ0n) is 8.57. The van der Waals surface area contributed by atoms with E-state index in [9.17, 15) is 0 Å². The maximum absolute atomic E-state index is 4.05. The van der Waals surface area contributed by atoms with Crippen LogP contribution in [0.5, 0.6) is 0 Å². The van der Waals surface area contributed by atoms with E-state index in [1.165, 1.54) is 24.4 Å². The predicted octanol–water partition coefficient (Wildman–Crippen LogP) is 1.18. The van der Waals surface area contributed by atoms with Crippen molar-refractivity contribution in [2.24, 2.45) is 5.92 Å². The molecule has 0 bridgehead atoms. The van der Waals surface area contributed by atoms with Crippen LogP contribution in [0.2, 0.25) is 0 Å². The van der Waals surface area contributed by atoms with Gasteiger partial charge in [0.15, 0.2) is 0 Å². The van der Waals surface area contributed by atoms with Crippen LogP contribution in [0.4, 0.5) is 0 Å². The van der Waals surface area contributed by atoms with Gasteiger partial charge >= 0.3 is 0 Å². The molecule has 0 aromatic carbocycles. The maximum atomic E-state index is 4.05. The van der Waals surface area contributed by atoms with Crippen molar-refractivity contribution in [3.8, 4) is 0 Å². The van der Waals surface area contributed by atoms with Crippen molar-refractivity contribution in [3.63, 3.8) is 0 Å². The van der Waals surface area contributed by atoms with Crippen LogP contribution in [0.3, 0.4) is 0 Å². The van der Waals surface area contributed by atoms with Crippen molar-refractivity contribution >= 4 is 11.3 Å². The molecule has 14 heavy (non-hydrogen) atoms. The third-order valence-corrected chi connectivity index (χ3v) is 3.48. The Bertz CT molecular complexity index is 260. The van der Waals surface area contributed by atoms with E-state index in [2.05, 4.69) is 22.2 Å². The van der Waals surface area contributed by atoms with E-state index >= 15 is 0 Å². The highest BCUT2D eigenvalue weighted by atomic mass is 32.1. The van der Waals surface area contributed by atoms with Crippen LogP contribution in [0.15, 0.2) is 11.7 Å². The number of thiazole rings is 1. The van der Waals surface area contributed by atoms with E-state index in [1.807, 2.05) is 11.7 Å². The van der Waals surface area contributed by atoms with Gasteiger partial charge in [0.1, 0.15) is 0 Å². The van der Waals surface area contributed by atoms with Gasteiger partial charge in [0.25, 0.3) is 0 Å². The summed E-state index contributed by atoms with van der Waals surface area (Å²) in [6.07, 6.45) is 3.28. The van der Waals surface area contributed by atoms with E-state index in [0.717, 1.165) is 19.0 Å². The van der Waals surface area contributed by atoms with Crippen LogP contribution in [0.1, 0.15) is 11.3 Å². The number of rotatable bonds is 4.